The van der Waals surface area contributed by atoms with Crippen molar-refractivity contribution in [2.75, 3.05) is 26.7 Å². The maximum Gasteiger partial charge on any atom is 0.330 e. The lowest BCUT2D eigenvalue weighted by Crippen LogP contribution is -2.39. The highest BCUT2D eigenvalue weighted by atomic mass is 16.2. The Labute approximate surface area is 125 Å². The third kappa shape index (κ3) is 4.04. The van der Waals surface area contributed by atoms with Crippen LogP contribution in [0.5, 0.6) is 0 Å². The maximum atomic E-state index is 11.8. The number of aromatic nitrogens is 2. The first kappa shape index (κ1) is 16.0. The van der Waals surface area contributed by atoms with E-state index in [2.05, 4.69) is 17.3 Å². The highest BCUT2D eigenvalue weighted by Gasteiger charge is 2.15. The summed E-state index contributed by atoms with van der Waals surface area (Å²) in [5.41, 5.74) is 0.228. The van der Waals surface area contributed by atoms with E-state index in [0.29, 0.717) is 6.54 Å². The molecule has 0 radical (unpaired) electrons. The van der Waals surface area contributed by atoms with Gasteiger partial charge in [0.2, 0.25) is 0 Å². The van der Waals surface area contributed by atoms with Crippen LogP contribution in [-0.4, -0.2) is 40.7 Å². The van der Waals surface area contributed by atoms with Crippen molar-refractivity contribution in [3.8, 4) is 0 Å². The van der Waals surface area contributed by atoms with Crippen LogP contribution >= 0.6 is 0 Å². The predicted molar refractivity (Wildman–Crippen MR) is 83.5 cm³/mol. The van der Waals surface area contributed by atoms with Gasteiger partial charge in [0.1, 0.15) is 0 Å². The summed E-state index contributed by atoms with van der Waals surface area (Å²) >= 11 is 0. The molecule has 1 aromatic heterocycles. The van der Waals surface area contributed by atoms with Crippen LogP contribution in [0.1, 0.15) is 25.0 Å². The fourth-order valence-corrected chi connectivity index (χ4v) is 2.82. The number of hydrogen-bond donors (Lipinski definition) is 1. The second kappa shape index (κ2) is 7.04. The van der Waals surface area contributed by atoms with Crippen molar-refractivity contribution in [2.45, 2.75) is 25.8 Å². The fourth-order valence-electron chi connectivity index (χ4n) is 2.82. The molecule has 1 fully saturated rings. The smallest absolute Gasteiger partial charge is 0.311 e. The van der Waals surface area contributed by atoms with Crippen LogP contribution in [0.25, 0.3) is 0 Å². The van der Waals surface area contributed by atoms with Gasteiger partial charge in [0.15, 0.2) is 0 Å². The summed E-state index contributed by atoms with van der Waals surface area (Å²) in [7, 11) is 5.38. The third-order valence-corrected chi connectivity index (χ3v) is 4.50. The van der Waals surface area contributed by atoms with Crippen molar-refractivity contribution in [2.24, 2.45) is 20.0 Å². The summed E-state index contributed by atoms with van der Waals surface area (Å²) in [4.78, 5) is 25.8. The summed E-state index contributed by atoms with van der Waals surface area (Å²) in [6, 6.07) is 1.53. The Morgan fingerprint density at radius 1 is 1.14 bits per heavy atom. The van der Waals surface area contributed by atoms with Gasteiger partial charge in [-0.2, -0.15) is 0 Å². The molecule has 0 bridgehead atoms. The fraction of sp³-hybridized carbons (Fsp3) is 0.733. The van der Waals surface area contributed by atoms with E-state index >= 15 is 0 Å². The highest BCUT2D eigenvalue weighted by molar-refractivity contribution is 5.01. The maximum absolute atomic E-state index is 11.8. The minimum atomic E-state index is -0.269. The Morgan fingerprint density at radius 2 is 1.81 bits per heavy atom. The molecule has 118 valence electrons. The van der Waals surface area contributed by atoms with Crippen LogP contribution in [0.2, 0.25) is 0 Å². The average Bonchev–Trinajstić information content (AvgIpc) is 2.48. The molecule has 0 amide bonds. The second-order valence-electron chi connectivity index (χ2n) is 6.09. The molecule has 0 saturated carbocycles. The zero-order valence-corrected chi connectivity index (χ0v) is 13.3. The topological polar surface area (TPSA) is 59.3 Å². The first-order chi connectivity index (χ1) is 9.99. The van der Waals surface area contributed by atoms with E-state index < -0.39 is 0 Å². The molecule has 1 aliphatic heterocycles. The summed E-state index contributed by atoms with van der Waals surface area (Å²) in [6.07, 6.45) is 3.69. The van der Waals surface area contributed by atoms with Gasteiger partial charge in [-0.3, -0.25) is 13.9 Å². The molecular formula is C15H26N4O2. The van der Waals surface area contributed by atoms with E-state index in [0.717, 1.165) is 29.1 Å². The summed E-state index contributed by atoms with van der Waals surface area (Å²) < 4.78 is 2.66. The van der Waals surface area contributed by atoms with Gasteiger partial charge in [0.05, 0.1) is 0 Å². The number of nitrogens with one attached hydrogen (secondary N) is 1. The Bertz CT molecular complexity index is 582. The standard InChI is InChI=1S/C15H26N4O2/c1-17-8-5-12(6-9-17)4-7-16-11-13-10-14(20)19(3)15(21)18(13)2/h10,12,16H,4-9,11H2,1-3H3. The van der Waals surface area contributed by atoms with Gasteiger partial charge in [0.25, 0.3) is 5.56 Å². The molecule has 1 aliphatic rings. The van der Waals surface area contributed by atoms with E-state index in [1.54, 1.807) is 7.05 Å². The van der Waals surface area contributed by atoms with Gasteiger partial charge >= 0.3 is 5.69 Å². The number of likely N-dealkylation sites (tertiary alicyclic amines) is 1. The molecule has 0 unspecified atom stereocenters. The van der Waals surface area contributed by atoms with E-state index in [9.17, 15) is 9.59 Å². The van der Waals surface area contributed by atoms with Crippen LogP contribution in [0, 0.1) is 5.92 Å². The van der Waals surface area contributed by atoms with Crippen molar-refractivity contribution >= 4 is 0 Å². The average molecular weight is 294 g/mol. The summed E-state index contributed by atoms with van der Waals surface area (Å²) in [5, 5.41) is 3.35. The molecular weight excluding hydrogens is 268 g/mol. The highest BCUT2D eigenvalue weighted by Crippen LogP contribution is 2.18. The zero-order valence-electron chi connectivity index (χ0n) is 13.3. The summed E-state index contributed by atoms with van der Waals surface area (Å²) in [6.45, 7) is 3.87. The quantitative estimate of drug-likeness (QED) is 0.771. The molecule has 2 rings (SSSR count). The molecule has 0 atom stereocenters. The molecule has 2 heterocycles. The van der Waals surface area contributed by atoms with Gasteiger partial charge in [-0.1, -0.05) is 0 Å². The number of hydrogen-bond acceptors (Lipinski definition) is 4. The monoisotopic (exact) mass is 294 g/mol. The Hall–Kier alpha value is -1.40. The number of rotatable bonds is 5. The zero-order chi connectivity index (χ0) is 15.4. The number of piperidine rings is 1. The SMILES string of the molecule is CN1CCC(CCNCc2cc(=O)n(C)c(=O)n2C)CC1. The lowest BCUT2D eigenvalue weighted by Gasteiger charge is -2.28. The number of nitrogens with zero attached hydrogens (tertiary/aromatic N) is 3. The van der Waals surface area contributed by atoms with E-state index in [1.165, 1.54) is 43.6 Å². The molecule has 0 spiro atoms. The van der Waals surface area contributed by atoms with Gasteiger partial charge < -0.3 is 10.2 Å². The van der Waals surface area contributed by atoms with E-state index in [-0.39, 0.29) is 11.2 Å². The lowest BCUT2D eigenvalue weighted by molar-refractivity contribution is 0.211. The lowest BCUT2D eigenvalue weighted by atomic mass is 9.94. The van der Waals surface area contributed by atoms with Gasteiger partial charge in [-0.25, -0.2) is 4.79 Å². The molecule has 0 aromatic carbocycles. The molecule has 1 N–H and O–H groups in total. The molecule has 1 saturated heterocycles. The van der Waals surface area contributed by atoms with Crippen LogP contribution < -0.4 is 16.6 Å². The van der Waals surface area contributed by atoms with Gasteiger partial charge in [-0.15, -0.1) is 0 Å². The van der Waals surface area contributed by atoms with Crippen LogP contribution in [0.4, 0.5) is 0 Å². The Balaban J connectivity index is 1.82. The second-order valence-corrected chi connectivity index (χ2v) is 6.09. The van der Waals surface area contributed by atoms with Crippen molar-refractivity contribution in [1.82, 2.24) is 19.4 Å². The Morgan fingerprint density at radius 3 is 2.48 bits per heavy atom. The van der Waals surface area contributed by atoms with Crippen LogP contribution in [-0.2, 0) is 20.6 Å². The van der Waals surface area contributed by atoms with Crippen LogP contribution in [0.3, 0.4) is 0 Å². The molecule has 0 aliphatic carbocycles. The molecule has 6 heteroatoms. The van der Waals surface area contributed by atoms with E-state index in [4.69, 9.17) is 0 Å². The first-order valence-corrected chi connectivity index (χ1v) is 7.64. The normalized spacial score (nSPS) is 17.3. The minimum absolute atomic E-state index is 0.245. The van der Waals surface area contributed by atoms with Crippen molar-refractivity contribution in [1.29, 1.82) is 0 Å². The van der Waals surface area contributed by atoms with Gasteiger partial charge in [-0.05, 0) is 51.9 Å². The molecule has 1 aromatic rings. The van der Waals surface area contributed by atoms with Crippen LogP contribution in [0.15, 0.2) is 15.7 Å². The third-order valence-electron chi connectivity index (χ3n) is 4.50. The molecule has 6 nitrogen and oxygen atoms in total. The largest absolute Gasteiger partial charge is 0.330 e. The minimum Gasteiger partial charge on any atom is -0.311 e. The van der Waals surface area contributed by atoms with Crippen molar-refractivity contribution in [3.63, 3.8) is 0 Å². The Kier molecular flexibility index (Phi) is 5.36. The van der Waals surface area contributed by atoms with Crippen molar-refractivity contribution < 1.29 is 0 Å². The van der Waals surface area contributed by atoms with Gasteiger partial charge in [0, 0.05) is 32.4 Å². The molecule has 21 heavy (non-hydrogen) atoms. The predicted octanol–water partition coefficient (Wildman–Crippen LogP) is -0.0945. The van der Waals surface area contributed by atoms with E-state index in [1.807, 2.05) is 0 Å². The first-order valence-electron chi connectivity index (χ1n) is 7.64. The van der Waals surface area contributed by atoms with Crippen molar-refractivity contribution in [3.05, 3.63) is 32.6 Å². The summed E-state index contributed by atoms with van der Waals surface area (Å²) in [5.74, 6) is 0.793.